The number of rotatable bonds is 4. The maximum atomic E-state index is 13.1. The minimum Gasteiger partial charge on any atom is -0.396 e. The van der Waals surface area contributed by atoms with E-state index in [9.17, 15) is 9.18 Å². The molecule has 0 bridgehead atoms. The first kappa shape index (κ1) is 12.8. The Labute approximate surface area is 97.5 Å². The van der Waals surface area contributed by atoms with Gasteiger partial charge in [0.2, 0.25) is 5.91 Å². The first-order valence-electron chi connectivity index (χ1n) is 4.73. The van der Waals surface area contributed by atoms with Gasteiger partial charge in [-0.25, -0.2) is 10.2 Å². The smallest absolute Gasteiger partial charge is 0.237 e. The SMILES string of the molecule is CC(CSc1ccc(N)c(F)c1)C(=O)NN. The van der Waals surface area contributed by atoms with Crippen molar-refractivity contribution in [1.29, 1.82) is 0 Å². The summed E-state index contributed by atoms with van der Waals surface area (Å²) in [7, 11) is 0. The number of thioether (sulfide) groups is 1. The molecule has 0 aliphatic heterocycles. The van der Waals surface area contributed by atoms with Crippen LogP contribution in [0.1, 0.15) is 6.92 Å². The number of amides is 1. The Hall–Kier alpha value is -1.27. The molecule has 1 aromatic carbocycles. The van der Waals surface area contributed by atoms with Gasteiger partial charge in [-0.2, -0.15) is 0 Å². The zero-order valence-corrected chi connectivity index (χ0v) is 9.68. The van der Waals surface area contributed by atoms with Crippen molar-refractivity contribution >= 4 is 23.4 Å². The van der Waals surface area contributed by atoms with E-state index in [-0.39, 0.29) is 17.5 Å². The second-order valence-electron chi connectivity index (χ2n) is 3.40. The highest BCUT2D eigenvalue weighted by atomic mass is 32.2. The lowest BCUT2D eigenvalue weighted by Gasteiger charge is -2.09. The van der Waals surface area contributed by atoms with Crippen molar-refractivity contribution in [2.45, 2.75) is 11.8 Å². The Morgan fingerprint density at radius 1 is 1.62 bits per heavy atom. The third kappa shape index (κ3) is 3.39. The van der Waals surface area contributed by atoms with Crippen LogP contribution in [-0.4, -0.2) is 11.7 Å². The van der Waals surface area contributed by atoms with E-state index < -0.39 is 5.82 Å². The molecule has 88 valence electrons. The minimum atomic E-state index is -0.444. The van der Waals surface area contributed by atoms with Gasteiger partial charge >= 0.3 is 0 Å². The Morgan fingerprint density at radius 3 is 2.88 bits per heavy atom. The number of anilines is 1. The Morgan fingerprint density at radius 2 is 2.31 bits per heavy atom. The highest BCUT2D eigenvalue weighted by molar-refractivity contribution is 7.99. The van der Waals surface area contributed by atoms with Crippen LogP contribution in [0.4, 0.5) is 10.1 Å². The number of carbonyl (C=O) groups excluding carboxylic acids is 1. The average Bonchev–Trinajstić information content (AvgIpc) is 2.29. The van der Waals surface area contributed by atoms with E-state index in [0.717, 1.165) is 4.90 Å². The molecule has 5 N–H and O–H groups in total. The fraction of sp³-hybridized carbons (Fsp3) is 0.300. The van der Waals surface area contributed by atoms with E-state index in [1.807, 2.05) is 0 Å². The summed E-state index contributed by atoms with van der Waals surface area (Å²) in [6.45, 7) is 1.75. The van der Waals surface area contributed by atoms with Crippen LogP contribution in [-0.2, 0) is 4.79 Å². The fourth-order valence-corrected chi connectivity index (χ4v) is 1.98. The lowest BCUT2D eigenvalue weighted by atomic mass is 10.2. The number of hydrazine groups is 1. The number of halogens is 1. The fourth-order valence-electron chi connectivity index (χ4n) is 1.04. The Balaban J connectivity index is 2.55. The molecule has 4 nitrogen and oxygen atoms in total. The van der Waals surface area contributed by atoms with Crippen LogP contribution in [0.3, 0.4) is 0 Å². The Bertz CT molecular complexity index is 386. The van der Waals surface area contributed by atoms with Crippen LogP contribution >= 0.6 is 11.8 Å². The highest BCUT2D eigenvalue weighted by Gasteiger charge is 2.11. The quantitative estimate of drug-likeness (QED) is 0.243. The van der Waals surface area contributed by atoms with Gasteiger partial charge in [-0.1, -0.05) is 6.92 Å². The lowest BCUT2D eigenvalue weighted by molar-refractivity contribution is -0.123. The molecule has 0 radical (unpaired) electrons. The summed E-state index contributed by atoms with van der Waals surface area (Å²) in [5.74, 6) is 4.63. The van der Waals surface area contributed by atoms with Gasteiger partial charge in [-0.05, 0) is 18.2 Å². The molecule has 0 aliphatic rings. The summed E-state index contributed by atoms with van der Waals surface area (Å²) in [5, 5.41) is 0. The number of hydrogen-bond donors (Lipinski definition) is 3. The highest BCUT2D eigenvalue weighted by Crippen LogP contribution is 2.23. The summed E-state index contributed by atoms with van der Waals surface area (Å²) in [6, 6.07) is 4.58. The zero-order chi connectivity index (χ0) is 12.1. The van der Waals surface area contributed by atoms with Crippen LogP contribution in [0.15, 0.2) is 23.1 Å². The number of nitrogen functional groups attached to an aromatic ring is 1. The van der Waals surface area contributed by atoms with E-state index >= 15 is 0 Å². The average molecular weight is 243 g/mol. The molecular weight excluding hydrogens is 229 g/mol. The molecular formula is C10H14FN3OS. The molecule has 0 aliphatic carbocycles. The van der Waals surface area contributed by atoms with E-state index in [0.29, 0.717) is 5.75 Å². The van der Waals surface area contributed by atoms with E-state index in [1.165, 1.54) is 23.9 Å². The third-order valence-corrected chi connectivity index (χ3v) is 3.32. The largest absolute Gasteiger partial charge is 0.396 e. The van der Waals surface area contributed by atoms with Gasteiger partial charge in [0.15, 0.2) is 0 Å². The number of carbonyl (C=O) groups is 1. The van der Waals surface area contributed by atoms with Crippen LogP contribution in [0.2, 0.25) is 0 Å². The topological polar surface area (TPSA) is 81.1 Å². The van der Waals surface area contributed by atoms with Crippen LogP contribution in [0.5, 0.6) is 0 Å². The third-order valence-electron chi connectivity index (χ3n) is 2.06. The van der Waals surface area contributed by atoms with Crippen molar-refractivity contribution in [3.63, 3.8) is 0 Å². The van der Waals surface area contributed by atoms with Crippen molar-refractivity contribution in [1.82, 2.24) is 5.43 Å². The zero-order valence-electron chi connectivity index (χ0n) is 8.87. The van der Waals surface area contributed by atoms with Gasteiger partial charge in [0, 0.05) is 16.6 Å². The lowest BCUT2D eigenvalue weighted by Crippen LogP contribution is -2.35. The van der Waals surface area contributed by atoms with Gasteiger partial charge < -0.3 is 5.73 Å². The first-order chi connectivity index (χ1) is 7.54. The van der Waals surface area contributed by atoms with Crippen LogP contribution in [0, 0.1) is 11.7 Å². The molecule has 16 heavy (non-hydrogen) atoms. The van der Waals surface area contributed by atoms with Crippen LogP contribution < -0.4 is 17.0 Å². The molecule has 0 aromatic heterocycles. The molecule has 6 heteroatoms. The van der Waals surface area contributed by atoms with Crippen molar-refractivity contribution in [3.05, 3.63) is 24.0 Å². The summed E-state index contributed by atoms with van der Waals surface area (Å²) in [6.07, 6.45) is 0. The van der Waals surface area contributed by atoms with Gasteiger partial charge in [-0.3, -0.25) is 10.2 Å². The molecule has 1 unspecified atom stereocenters. The minimum absolute atomic E-state index is 0.122. The van der Waals surface area contributed by atoms with Gasteiger partial charge in [-0.15, -0.1) is 11.8 Å². The number of hydrogen-bond acceptors (Lipinski definition) is 4. The van der Waals surface area contributed by atoms with Gasteiger partial charge in [0.25, 0.3) is 0 Å². The molecule has 0 heterocycles. The molecule has 1 rings (SSSR count). The second kappa shape index (κ2) is 5.72. The van der Waals surface area contributed by atoms with Crippen molar-refractivity contribution in [3.8, 4) is 0 Å². The molecule has 0 spiro atoms. The molecule has 0 saturated carbocycles. The summed E-state index contributed by atoms with van der Waals surface area (Å²) < 4.78 is 13.1. The maximum Gasteiger partial charge on any atom is 0.237 e. The molecule has 1 amide bonds. The van der Waals surface area contributed by atoms with E-state index in [1.54, 1.807) is 13.0 Å². The van der Waals surface area contributed by atoms with Gasteiger partial charge in [0.1, 0.15) is 5.82 Å². The summed E-state index contributed by atoms with van der Waals surface area (Å²) in [5.41, 5.74) is 7.55. The first-order valence-corrected chi connectivity index (χ1v) is 5.71. The normalized spacial score (nSPS) is 12.2. The summed E-state index contributed by atoms with van der Waals surface area (Å²) >= 11 is 1.38. The molecule has 0 saturated heterocycles. The monoisotopic (exact) mass is 243 g/mol. The maximum absolute atomic E-state index is 13.1. The predicted molar refractivity (Wildman–Crippen MR) is 63.0 cm³/mol. The van der Waals surface area contributed by atoms with Crippen molar-refractivity contribution in [2.75, 3.05) is 11.5 Å². The van der Waals surface area contributed by atoms with Crippen LogP contribution in [0.25, 0.3) is 0 Å². The number of nitrogens with two attached hydrogens (primary N) is 2. The predicted octanol–water partition coefficient (Wildman–Crippen LogP) is 1.13. The molecule has 0 fully saturated rings. The molecule has 1 aromatic rings. The van der Waals surface area contributed by atoms with Crippen molar-refractivity contribution < 1.29 is 9.18 Å². The van der Waals surface area contributed by atoms with E-state index in [4.69, 9.17) is 11.6 Å². The summed E-state index contributed by atoms with van der Waals surface area (Å²) in [4.78, 5) is 11.8. The van der Waals surface area contributed by atoms with Crippen molar-refractivity contribution in [2.24, 2.45) is 11.8 Å². The second-order valence-corrected chi connectivity index (χ2v) is 4.50. The standard InChI is InChI=1S/C10H14FN3OS/c1-6(10(15)14-13)5-16-7-2-3-9(12)8(11)4-7/h2-4,6H,5,12-13H2,1H3,(H,14,15). The number of benzene rings is 1. The van der Waals surface area contributed by atoms with Gasteiger partial charge in [0.05, 0.1) is 5.69 Å². The number of nitrogens with one attached hydrogen (secondary N) is 1. The van der Waals surface area contributed by atoms with E-state index in [2.05, 4.69) is 5.43 Å². The molecule has 1 atom stereocenters. The Kier molecular flexibility index (Phi) is 4.57.